The van der Waals surface area contributed by atoms with Gasteiger partial charge < -0.3 is 14.5 Å². The number of carbonyl (C=O) groups is 2. The zero-order chi connectivity index (χ0) is 20.3. The highest BCUT2D eigenvalue weighted by atomic mass is 19.1. The van der Waals surface area contributed by atoms with Crippen LogP contribution in [0.4, 0.5) is 4.39 Å². The van der Waals surface area contributed by atoms with E-state index in [0.717, 1.165) is 16.7 Å². The average Bonchev–Trinajstić information content (AvgIpc) is 3.08. The number of aryl methyl sites for hydroxylation is 2. The number of methoxy groups -OCH3 is 1. The van der Waals surface area contributed by atoms with Crippen molar-refractivity contribution in [3.05, 3.63) is 70.7 Å². The fraction of sp³-hybridized carbons (Fsp3) is 0.182. The Balaban J connectivity index is 1.79. The van der Waals surface area contributed by atoms with Crippen molar-refractivity contribution in [1.29, 1.82) is 0 Å². The normalized spacial score (nSPS) is 11.1. The first-order chi connectivity index (χ1) is 13.4. The maximum Gasteiger partial charge on any atom is 0.343 e. The molecule has 5 nitrogen and oxygen atoms in total. The molecule has 0 aliphatic rings. The zero-order valence-corrected chi connectivity index (χ0v) is 15.8. The number of halogens is 1. The van der Waals surface area contributed by atoms with E-state index in [1.54, 1.807) is 18.3 Å². The van der Waals surface area contributed by atoms with Crippen LogP contribution in [0.3, 0.4) is 0 Å². The van der Waals surface area contributed by atoms with E-state index in [1.165, 1.54) is 25.3 Å². The number of carbonyl (C=O) groups excluding carboxylic acids is 2. The van der Waals surface area contributed by atoms with Crippen molar-refractivity contribution < 1.29 is 23.5 Å². The summed E-state index contributed by atoms with van der Waals surface area (Å²) >= 11 is 0. The summed E-state index contributed by atoms with van der Waals surface area (Å²) in [5.74, 6) is -0.372. The first-order valence-electron chi connectivity index (χ1n) is 8.69. The molecule has 1 N–H and O–H groups in total. The number of hydrogen-bond donors (Lipinski definition) is 1. The standard InChI is InChI=1S/C22H20FNO4/c1-13-8-15(9-14(2)22(13)28-12-21(26)27-3)4-7-20(25)18-11-24-19-10-16(23)5-6-17(18)19/h4-11,24H,12H2,1-3H3. The Morgan fingerprint density at radius 2 is 1.86 bits per heavy atom. The van der Waals surface area contributed by atoms with Crippen molar-refractivity contribution in [2.75, 3.05) is 13.7 Å². The maximum absolute atomic E-state index is 13.3. The van der Waals surface area contributed by atoms with Crippen LogP contribution in [0, 0.1) is 19.7 Å². The Bertz CT molecular complexity index is 1060. The minimum Gasteiger partial charge on any atom is -0.481 e. The lowest BCUT2D eigenvalue weighted by Crippen LogP contribution is -2.13. The Morgan fingerprint density at radius 3 is 2.54 bits per heavy atom. The lowest BCUT2D eigenvalue weighted by atomic mass is 10.0. The number of allylic oxidation sites excluding steroid dienone is 1. The number of benzene rings is 2. The molecule has 28 heavy (non-hydrogen) atoms. The highest BCUT2D eigenvalue weighted by Crippen LogP contribution is 2.26. The molecule has 1 heterocycles. The van der Waals surface area contributed by atoms with Gasteiger partial charge in [0.25, 0.3) is 0 Å². The lowest BCUT2D eigenvalue weighted by molar-refractivity contribution is -0.142. The molecule has 2 aromatic carbocycles. The van der Waals surface area contributed by atoms with Crippen molar-refractivity contribution in [3.63, 3.8) is 0 Å². The molecule has 0 unspecified atom stereocenters. The molecule has 144 valence electrons. The van der Waals surface area contributed by atoms with Gasteiger partial charge in [-0.05, 0) is 66.9 Å². The van der Waals surface area contributed by atoms with Gasteiger partial charge in [0.1, 0.15) is 11.6 Å². The van der Waals surface area contributed by atoms with Gasteiger partial charge in [-0.3, -0.25) is 4.79 Å². The number of ketones is 1. The predicted molar refractivity (Wildman–Crippen MR) is 105 cm³/mol. The van der Waals surface area contributed by atoms with Crippen LogP contribution in [0.2, 0.25) is 0 Å². The van der Waals surface area contributed by atoms with E-state index < -0.39 is 5.97 Å². The molecule has 3 aromatic rings. The smallest absolute Gasteiger partial charge is 0.343 e. The van der Waals surface area contributed by atoms with Crippen molar-refractivity contribution in [3.8, 4) is 5.75 Å². The van der Waals surface area contributed by atoms with Gasteiger partial charge in [0.15, 0.2) is 12.4 Å². The summed E-state index contributed by atoms with van der Waals surface area (Å²) in [7, 11) is 1.31. The Labute approximate surface area is 161 Å². The highest BCUT2D eigenvalue weighted by Gasteiger charge is 2.11. The van der Waals surface area contributed by atoms with Crippen molar-refractivity contribution >= 4 is 28.7 Å². The van der Waals surface area contributed by atoms with Crippen LogP contribution in [-0.2, 0) is 9.53 Å². The van der Waals surface area contributed by atoms with Gasteiger partial charge >= 0.3 is 5.97 Å². The number of esters is 1. The van der Waals surface area contributed by atoms with Crippen LogP contribution in [0.1, 0.15) is 27.0 Å². The van der Waals surface area contributed by atoms with E-state index in [0.29, 0.717) is 22.2 Å². The summed E-state index contributed by atoms with van der Waals surface area (Å²) in [4.78, 5) is 26.7. The highest BCUT2D eigenvalue weighted by molar-refractivity contribution is 6.14. The second kappa shape index (κ2) is 8.08. The number of H-pyrrole nitrogens is 1. The average molecular weight is 381 g/mol. The minimum absolute atomic E-state index is 0.160. The van der Waals surface area contributed by atoms with Crippen LogP contribution in [0.5, 0.6) is 5.75 Å². The number of aromatic amines is 1. The van der Waals surface area contributed by atoms with E-state index in [9.17, 15) is 14.0 Å². The van der Waals surface area contributed by atoms with E-state index >= 15 is 0 Å². The van der Waals surface area contributed by atoms with Gasteiger partial charge in [-0.2, -0.15) is 0 Å². The molecule has 0 saturated heterocycles. The van der Waals surface area contributed by atoms with Gasteiger partial charge in [0.2, 0.25) is 0 Å². The fourth-order valence-electron chi connectivity index (χ4n) is 3.06. The first kappa shape index (κ1) is 19.4. The largest absolute Gasteiger partial charge is 0.481 e. The number of ether oxygens (including phenoxy) is 2. The molecule has 0 aliphatic heterocycles. The van der Waals surface area contributed by atoms with E-state index in [-0.39, 0.29) is 18.2 Å². The second-order valence-corrected chi connectivity index (χ2v) is 6.44. The third-order valence-electron chi connectivity index (χ3n) is 4.38. The molecule has 1 aromatic heterocycles. The van der Waals surface area contributed by atoms with Gasteiger partial charge in [0, 0.05) is 22.7 Å². The predicted octanol–water partition coefficient (Wildman–Crippen LogP) is 4.37. The van der Waals surface area contributed by atoms with Crippen molar-refractivity contribution in [2.45, 2.75) is 13.8 Å². The van der Waals surface area contributed by atoms with Gasteiger partial charge in [0.05, 0.1) is 7.11 Å². The van der Waals surface area contributed by atoms with Crippen LogP contribution in [0.25, 0.3) is 17.0 Å². The van der Waals surface area contributed by atoms with Crippen LogP contribution in [0.15, 0.2) is 42.6 Å². The summed E-state index contributed by atoms with van der Waals surface area (Å²) in [6.45, 7) is 3.58. The summed E-state index contributed by atoms with van der Waals surface area (Å²) in [6, 6.07) is 8.01. The zero-order valence-electron chi connectivity index (χ0n) is 15.8. The molecular formula is C22H20FNO4. The molecule has 0 aliphatic carbocycles. The third kappa shape index (κ3) is 4.11. The summed E-state index contributed by atoms with van der Waals surface area (Å²) in [5, 5.41) is 0.676. The molecule has 0 saturated carbocycles. The number of rotatable bonds is 6. The Hall–Kier alpha value is -3.41. The van der Waals surface area contributed by atoms with E-state index in [1.807, 2.05) is 26.0 Å². The maximum atomic E-state index is 13.3. The van der Waals surface area contributed by atoms with Crippen LogP contribution < -0.4 is 4.74 Å². The molecule has 0 fully saturated rings. The van der Waals surface area contributed by atoms with Gasteiger partial charge in [-0.15, -0.1) is 0 Å². The monoisotopic (exact) mass is 381 g/mol. The molecule has 6 heteroatoms. The molecule has 0 spiro atoms. The molecule has 0 atom stereocenters. The molecule has 3 rings (SSSR count). The molecule has 0 bridgehead atoms. The lowest BCUT2D eigenvalue weighted by Gasteiger charge is -2.12. The minimum atomic E-state index is -0.452. The number of hydrogen-bond acceptors (Lipinski definition) is 4. The Morgan fingerprint density at radius 1 is 1.14 bits per heavy atom. The fourth-order valence-corrected chi connectivity index (χ4v) is 3.06. The summed E-state index contributed by atoms with van der Waals surface area (Å²) in [5.41, 5.74) is 3.59. The second-order valence-electron chi connectivity index (χ2n) is 6.44. The van der Waals surface area contributed by atoms with Crippen molar-refractivity contribution in [1.82, 2.24) is 4.98 Å². The number of aromatic nitrogens is 1. The van der Waals surface area contributed by atoms with Crippen LogP contribution in [-0.4, -0.2) is 30.5 Å². The van der Waals surface area contributed by atoms with Crippen LogP contribution >= 0.6 is 0 Å². The van der Waals surface area contributed by atoms with Crippen molar-refractivity contribution in [2.24, 2.45) is 0 Å². The van der Waals surface area contributed by atoms with Gasteiger partial charge in [-0.1, -0.05) is 6.08 Å². The summed E-state index contributed by atoms with van der Waals surface area (Å²) in [6.07, 6.45) is 4.78. The third-order valence-corrected chi connectivity index (χ3v) is 4.38. The molecule has 0 radical (unpaired) electrons. The molecular weight excluding hydrogens is 361 g/mol. The van der Waals surface area contributed by atoms with Gasteiger partial charge in [-0.25, -0.2) is 9.18 Å². The van der Waals surface area contributed by atoms with E-state index in [2.05, 4.69) is 9.72 Å². The topological polar surface area (TPSA) is 68.4 Å². The SMILES string of the molecule is COC(=O)COc1c(C)cc(C=CC(=O)c2c[nH]c3cc(F)ccc23)cc1C. The van der Waals surface area contributed by atoms with E-state index in [4.69, 9.17) is 4.74 Å². The first-order valence-corrected chi connectivity index (χ1v) is 8.69. The Kier molecular flexibility index (Phi) is 5.59. The number of fused-ring (bicyclic) bond motifs is 1. The molecule has 0 amide bonds. The quantitative estimate of drug-likeness (QED) is 0.391. The number of nitrogens with one attached hydrogen (secondary N) is 1. The summed E-state index contributed by atoms with van der Waals surface area (Å²) < 4.78 is 23.4.